The van der Waals surface area contributed by atoms with Gasteiger partial charge in [0.2, 0.25) is 0 Å². The lowest BCUT2D eigenvalue weighted by Crippen LogP contribution is -2.16. The fourth-order valence-electron chi connectivity index (χ4n) is 3.12. The topological polar surface area (TPSA) is 35.8 Å². The molecule has 1 N–H and O–H groups in total. The second-order valence-electron chi connectivity index (χ2n) is 5.54. The second-order valence-corrected chi connectivity index (χ2v) is 5.54. The maximum absolute atomic E-state index is 8.69. The van der Waals surface area contributed by atoms with Gasteiger partial charge in [0.25, 0.3) is 0 Å². The molecule has 0 radical (unpaired) electrons. The standard InChI is InChI=1S/C17H24N2/c1-19-17(8-5-13-18)16-11-9-15(10-12-16)14-6-3-2-4-7-14/h9-12,14,17,19H,2-8H2,1H3. The summed E-state index contributed by atoms with van der Waals surface area (Å²) >= 11 is 0. The molecular formula is C17H24N2. The first-order valence-electron chi connectivity index (χ1n) is 7.49. The van der Waals surface area contributed by atoms with Gasteiger partial charge in [-0.25, -0.2) is 0 Å². The van der Waals surface area contributed by atoms with Crippen LogP contribution in [0.25, 0.3) is 0 Å². The van der Waals surface area contributed by atoms with Gasteiger partial charge in [-0.2, -0.15) is 5.26 Å². The Hall–Kier alpha value is -1.33. The molecule has 0 spiro atoms. The van der Waals surface area contributed by atoms with E-state index in [2.05, 4.69) is 35.7 Å². The molecule has 0 saturated heterocycles. The quantitative estimate of drug-likeness (QED) is 0.852. The zero-order valence-electron chi connectivity index (χ0n) is 11.9. The van der Waals surface area contributed by atoms with E-state index in [0.717, 1.165) is 12.3 Å². The van der Waals surface area contributed by atoms with Crippen molar-refractivity contribution in [1.82, 2.24) is 5.32 Å². The highest BCUT2D eigenvalue weighted by Crippen LogP contribution is 2.33. The lowest BCUT2D eigenvalue weighted by molar-refractivity contribution is 0.443. The van der Waals surface area contributed by atoms with E-state index in [9.17, 15) is 0 Å². The Balaban J connectivity index is 2.02. The number of nitrogens with one attached hydrogen (secondary N) is 1. The highest BCUT2D eigenvalue weighted by Gasteiger charge is 2.16. The van der Waals surface area contributed by atoms with Crippen LogP contribution in [0, 0.1) is 11.3 Å². The summed E-state index contributed by atoms with van der Waals surface area (Å²) in [5.41, 5.74) is 2.80. The van der Waals surface area contributed by atoms with Crippen LogP contribution in [-0.2, 0) is 0 Å². The summed E-state index contributed by atoms with van der Waals surface area (Å²) in [6.45, 7) is 0. The molecule has 19 heavy (non-hydrogen) atoms. The Kier molecular flexibility index (Phi) is 5.42. The van der Waals surface area contributed by atoms with Gasteiger partial charge in [-0.1, -0.05) is 43.5 Å². The Morgan fingerprint density at radius 3 is 2.47 bits per heavy atom. The van der Waals surface area contributed by atoms with Crippen LogP contribution in [0.1, 0.15) is 68.0 Å². The van der Waals surface area contributed by atoms with Gasteiger partial charge in [0.15, 0.2) is 0 Å². The smallest absolute Gasteiger partial charge is 0.0622 e. The van der Waals surface area contributed by atoms with Crippen molar-refractivity contribution in [3.8, 4) is 6.07 Å². The van der Waals surface area contributed by atoms with E-state index >= 15 is 0 Å². The normalized spacial score (nSPS) is 17.9. The van der Waals surface area contributed by atoms with Crippen LogP contribution < -0.4 is 5.32 Å². The Morgan fingerprint density at radius 1 is 1.21 bits per heavy atom. The highest BCUT2D eigenvalue weighted by atomic mass is 14.9. The first-order valence-corrected chi connectivity index (χ1v) is 7.49. The van der Waals surface area contributed by atoms with Crippen LogP contribution >= 0.6 is 0 Å². The van der Waals surface area contributed by atoms with Gasteiger partial charge in [0, 0.05) is 12.5 Å². The number of nitrogens with zero attached hydrogens (tertiary/aromatic N) is 1. The van der Waals surface area contributed by atoms with E-state index < -0.39 is 0 Å². The number of benzene rings is 1. The molecule has 1 fully saturated rings. The third-order valence-electron chi connectivity index (χ3n) is 4.31. The summed E-state index contributed by atoms with van der Waals surface area (Å²) < 4.78 is 0. The summed E-state index contributed by atoms with van der Waals surface area (Å²) in [7, 11) is 1.97. The first kappa shape index (κ1) is 14.1. The molecule has 0 aromatic heterocycles. The fraction of sp³-hybridized carbons (Fsp3) is 0.588. The molecule has 1 aromatic carbocycles. The van der Waals surface area contributed by atoms with Crippen LogP contribution in [0.5, 0.6) is 0 Å². The average molecular weight is 256 g/mol. The third-order valence-corrected chi connectivity index (χ3v) is 4.31. The Bertz CT molecular complexity index is 410. The molecule has 0 amide bonds. The SMILES string of the molecule is CNC(CCC#N)c1ccc(C2CCCCC2)cc1. The summed E-state index contributed by atoms with van der Waals surface area (Å²) in [4.78, 5) is 0. The lowest BCUT2D eigenvalue weighted by atomic mass is 9.83. The molecule has 1 aliphatic carbocycles. The molecule has 2 rings (SSSR count). The van der Waals surface area contributed by atoms with Crippen LogP contribution in [0.4, 0.5) is 0 Å². The molecule has 1 aliphatic rings. The molecule has 1 unspecified atom stereocenters. The van der Waals surface area contributed by atoms with Gasteiger partial charge in [0.05, 0.1) is 6.07 Å². The van der Waals surface area contributed by atoms with Crippen LogP contribution in [0.2, 0.25) is 0 Å². The van der Waals surface area contributed by atoms with Crippen LogP contribution in [-0.4, -0.2) is 7.05 Å². The molecule has 1 saturated carbocycles. The zero-order chi connectivity index (χ0) is 13.5. The van der Waals surface area contributed by atoms with Crippen molar-refractivity contribution in [2.75, 3.05) is 7.05 Å². The highest BCUT2D eigenvalue weighted by molar-refractivity contribution is 5.27. The van der Waals surface area contributed by atoms with Gasteiger partial charge in [-0.3, -0.25) is 0 Å². The van der Waals surface area contributed by atoms with Crippen molar-refractivity contribution < 1.29 is 0 Å². The summed E-state index contributed by atoms with van der Waals surface area (Å²) in [6, 6.07) is 11.6. The summed E-state index contributed by atoms with van der Waals surface area (Å²) in [6.07, 6.45) is 8.37. The first-order chi connectivity index (χ1) is 9.35. The van der Waals surface area contributed by atoms with Crippen molar-refractivity contribution in [3.63, 3.8) is 0 Å². The van der Waals surface area contributed by atoms with Gasteiger partial charge in [0.1, 0.15) is 0 Å². The van der Waals surface area contributed by atoms with Crippen molar-refractivity contribution in [1.29, 1.82) is 5.26 Å². The van der Waals surface area contributed by atoms with Gasteiger partial charge in [-0.15, -0.1) is 0 Å². The molecule has 1 atom stereocenters. The van der Waals surface area contributed by atoms with Gasteiger partial charge in [-0.05, 0) is 43.4 Å². The molecular weight excluding hydrogens is 232 g/mol. The molecule has 2 nitrogen and oxygen atoms in total. The second kappa shape index (κ2) is 7.31. The van der Waals surface area contributed by atoms with E-state index in [0.29, 0.717) is 12.5 Å². The van der Waals surface area contributed by atoms with E-state index in [1.807, 2.05) is 7.05 Å². The van der Waals surface area contributed by atoms with Crippen LogP contribution in [0.3, 0.4) is 0 Å². The largest absolute Gasteiger partial charge is 0.313 e. The van der Waals surface area contributed by atoms with Crippen LogP contribution in [0.15, 0.2) is 24.3 Å². The predicted molar refractivity (Wildman–Crippen MR) is 78.9 cm³/mol. The van der Waals surface area contributed by atoms with E-state index in [1.54, 1.807) is 0 Å². The van der Waals surface area contributed by atoms with Crippen molar-refractivity contribution in [3.05, 3.63) is 35.4 Å². The minimum Gasteiger partial charge on any atom is -0.313 e. The Labute approximate surface area is 116 Å². The van der Waals surface area contributed by atoms with E-state index in [1.165, 1.54) is 43.2 Å². The predicted octanol–water partition coefficient (Wildman–Crippen LogP) is 4.30. The van der Waals surface area contributed by atoms with E-state index in [-0.39, 0.29) is 0 Å². The molecule has 1 aromatic rings. The molecule has 102 valence electrons. The molecule has 0 aliphatic heterocycles. The zero-order valence-corrected chi connectivity index (χ0v) is 11.9. The molecule has 2 heteroatoms. The molecule has 0 heterocycles. The third kappa shape index (κ3) is 3.81. The number of nitriles is 1. The van der Waals surface area contributed by atoms with Gasteiger partial charge < -0.3 is 5.32 Å². The number of hydrogen-bond acceptors (Lipinski definition) is 2. The fourth-order valence-corrected chi connectivity index (χ4v) is 3.12. The minimum atomic E-state index is 0.306. The molecule has 0 bridgehead atoms. The summed E-state index contributed by atoms with van der Waals surface area (Å²) in [5.74, 6) is 0.773. The van der Waals surface area contributed by atoms with Crippen molar-refractivity contribution in [2.45, 2.75) is 56.9 Å². The average Bonchev–Trinajstić information content (AvgIpc) is 2.49. The summed E-state index contributed by atoms with van der Waals surface area (Å²) in [5, 5.41) is 12.0. The van der Waals surface area contributed by atoms with Crippen molar-refractivity contribution >= 4 is 0 Å². The van der Waals surface area contributed by atoms with E-state index in [4.69, 9.17) is 5.26 Å². The number of hydrogen-bond donors (Lipinski definition) is 1. The Morgan fingerprint density at radius 2 is 1.89 bits per heavy atom. The maximum Gasteiger partial charge on any atom is 0.0622 e. The monoisotopic (exact) mass is 256 g/mol. The minimum absolute atomic E-state index is 0.306. The lowest BCUT2D eigenvalue weighted by Gasteiger charge is -2.23. The van der Waals surface area contributed by atoms with Crippen molar-refractivity contribution in [2.24, 2.45) is 0 Å². The van der Waals surface area contributed by atoms with Gasteiger partial charge >= 0.3 is 0 Å². The number of rotatable bonds is 5. The maximum atomic E-state index is 8.69.